The second kappa shape index (κ2) is 6.91. The van der Waals surface area contributed by atoms with Crippen molar-refractivity contribution in [2.45, 2.75) is 38.3 Å². The van der Waals surface area contributed by atoms with E-state index in [-0.39, 0.29) is 16.7 Å². The first kappa shape index (κ1) is 14.3. The minimum Gasteiger partial charge on any atom is -0.307 e. The van der Waals surface area contributed by atoms with E-state index in [2.05, 4.69) is 12.2 Å². The molecule has 1 heterocycles. The third-order valence-electron chi connectivity index (χ3n) is 3.55. The predicted octanol–water partition coefficient (Wildman–Crippen LogP) is 3.53. The van der Waals surface area contributed by atoms with Gasteiger partial charge in [0.2, 0.25) is 0 Å². The highest BCUT2D eigenvalue weighted by atomic mass is 32.2. The van der Waals surface area contributed by atoms with Crippen molar-refractivity contribution in [1.29, 1.82) is 0 Å². The number of nitrogens with zero attached hydrogens (tertiary/aromatic N) is 1. The summed E-state index contributed by atoms with van der Waals surface area (Å²) in [6.45, 7) is 2.12. The van der Waals surface area contributed by atoms with Gasteiger partial charge in [0.05, 0.1) is 4.92 Å². The molecule has 4 nitrogen and oxygen atoms in total. The molecule has 0 bridgehead atoms. The summed E-state index contributed by atoms with van der Waals surface area (Å²) >= 11 is 2.01. The van der Waals surface area contributed by atoms with E-state index in [0.29, 0.717) is 6.04 Å². The average Bonchev–Trinajstić information content (AvgIpc) is 2.46. The molecule has 19 heavy (non-hydrogen) atoms. The predicted molar refractivity (Wildman–Crippen MR) is 79.6 cm³/mol. The maximum Gasteiger partial charge on any atom is 0.269 e. The zero-order chi connectivity index (χ0) is 13.7. The van der Waals surface area contributed by atoms with Crippen molar-refractivity contribution < 1.29 is 4.92 Å². The summed E-state index contributed by atoms with van der Waals surface area (Å²) in [7, 11) is 0. The highest BCUT2D eigenvalue weighted by Gasteiger charge is 2.19. The molecule has 1 aliphatic heterocycles. The summed E-state index contributed by atoms with van der Waals surface area (Å²) in [4.78, 5) is 10.5. The van der Waals surface area contributed by atoms with Crippen LogP contribution in [-0.4, -0.2) is 22.5 Å². The number of rotatable bonds is 5. The van der Waals surface area contributed by atoms with Gasteiger partial charge in [0.1, 0.15) is 0 Å². The van der Waals surface area contributed by atoms with Crippen molar-refractivity contribution in [3.63, 3.8) is 0 Å². The molecule has 1 atom stereocenters. The van der Waals surface area contributed by atoms with Crippen LogP contribution in [0.1, 0.15) is 37.8 Å². The number of hydrogen-bond donors (Lipinski definition) is 1. The molecular weight excluding hydrogens is 260 g/mol. The lowest BCUT2D eigenvalue weighted by molar-refractivity contribution is -0.384. The van der Waals surface area contributed by atoms with Gasteiger partial charge in [-0.25, -0.2) is 0 Å². The number of non-ortho nitro benzene ring substituents is 1. The molecule has 0 aromatic heterocycles. The maximum absolute atomic E-state index is 10.8. The minimum absolute atomic E-state index is 0.178. The summed E-state index contributed by atoms with van der Waals surface area (Å²) in [5, 5.41) is 14.5. The van der Waals surface area contributed by atoms with E-state index < -0.39 is 0 Å². The SMILES string of the molecule is CCC(NC1CCSCC1)c1cccc([N+](=O)[O-])c1. The monoisotopic (exact) mass is 280 g/mol. The molecule has 0 spiro atoms. The highest BCUT2D eigenvalue weighted by molar-refractivity contribution is 7.99. The minimum atomic E-state index is -0.326. The van der Waals surface area contributed by atoms with Gasteiger partial charge < -0.3 is 5.32 Å². The van der Waals surface area contributed by atoms with E-state index in [1.807, 2.05) is 17.8 Å². The molecule has 1 fully saturated rings. The molecule has 2 rings (SSSR count). The Morgan fingerprint density at radius 1 is 1.47 bits per heavy atom. The van der Waals surface area contributed by atoms with Gasteiger partial charge in [-0.3, -0.25) is 10.1 Å². The third kappa shape index (κ3) is 3.94. The number of thioether (sulfide) groups is 1. The van der Waals surface area contributed by atoms with E-state index in [1.54, 1.807) is 18.2 Å². The number of benzene rings is 1. The van der Waals surface area contributed by atoms with Crippen LogP contribution < -0.4 is 5.32 Å². The topological polar surface area (TPSA) is 55.2 Å². The number of nitro benzene ring substituents is 1. The molecule has 1 aromatic carbocycles. The fraction of sp³-hybridized carbons (Fsp3) is 0.571. The number of nitrogens with one attached hydrogen (secondary N) is 1. The molecule has 0 amide bonds. The lowest BCUT2D eigenvalue weighted by Crippen LogP contribution is -2.35. The Labute approximate surface area is 118 Å². The Hall–Kier alpha value is -1.07. The molecule has 1 saturated heterocycles. The second-order valence-corrected chi connectivity index (χ2v) is 6.09. The van der Waals surface area contributed by atoms with Crippen molar-refractivity contribution in [2.24, 2.45) is 0 Å². The van der Waals surface area contributed by atoms with E-state index in [0.717, 1.165) is 12.0 Å². The van der Waals surface area contributed by atoms with Gasteiger partial charge in [-0.15, -0.1) is 0 Å². The molecular formula is C14H20N2O2S. The van der Waals surface area contributed by atoms with Crippen molar-refractivity contribution >= 4 is 17.4 Å². The van der Waals surface area contributed by atoms with Crippen LogP contribution in [0.3, 0.4) is 0 Å². The lowest BCUT2D eigenvalue weighted by Gasteiger charge is -2.28. The average molecular weight is 280 g/mol. The smallest absolute Gasteiger partial charge is 0.269 e. The summed E-state index contributed by atoms with van der Waals surface area (Å²) in [6, 6.07) is 7.76. The van der Waals surface area contributed by atoms with Crippen molar-refractivity contribution in [3.05, 3.63) is 39.9 Å². The number of hydrogen-bond acceptors (Lipinski definition) is 4. The van der Waals surface area contributed by atoms with Gasteiger partial charge >= 0.3 is 0 Å². The molecule has 1 aromatic rings. The van der Waals surface area contributed by atoms with E-state index in [1.165, 1.54) is 24.3 Å². The second-order valence-electron chi connectivity index (χ2n) is 4.87. The lowest BCUT2D eigenvalue weighted by atomic mass is 10.0. The van der Waals surface area contributed by atoms with E-state index in [4.69, 9.17) is 0 Å². The van der Waals surface area contributed by atoms with Gasteiger partial charge in [-0.2, -0.15) is 11.8 Å². The standard InChI is InChI=1S/C14H20N2O2S/c1-2-14(15-12-6-8-19-9-7-12)11-4-3-5-13(10-11)16(17)18/h3-5,10,12,14-15H,2,6-9H2,1H3. The normalized spacial score (nSPS) is 18.2. The molecule has 0 saturated carbocycles. The van der Waals surface area contributed by atoms with Crippen LogP contribution in [0.2, 0.25) is 0 Å². The Bertz CT molecular complexity index is 433. The molecule has 0 radical (unpaired) electrons. The summed E-state index contributed by atoms with van der Waals surface area (Å²) in [5.41, 5.74) is 1.20. The van der Waals surface area contributed by atoms with Gasteiger partial charge in [0.15, 0.2) is 0 Å². The van der Waals surface area contributed by atoms with Crippen LogP contribution in [0.5, 0.6) is 0 Å². The Kier molecular flexibility index (Phi) is 5.22. The van der Waals surface area contributed by atoms with Crippen LogP contribution in [0, 0.1) is 10.1 Å². The molecule has 1 N–H and O–H groups in total. The Morgan fingerprint density at radius 2 is 2.21 bits per heavy atom. The molecule has 5 heteroatoms. The maximum atomic E-state index is 10.8. The zero-order valence-corrected chi connectivity index (χ0v) is 12.0. The fourth-order valence-corrected chi connectivity index (χ4v) is 3.56. The van der Waals surface area contributed by atoms with Gasteiger partial charge in [-0.1, -0.05) is 19.1 Å². The van der Waals surface area contributed by atoms with E-state index in [9.17, 15) is 10.1 Å². The summed E-state index contributed by atoms with van der Waals surface area (Å²) in [6.07, 6.45) is 3.33. The number of nitro groups is 1. The van der Waals surface area contributed by atoms with Crippen molar-refractivity contribution in [1.82, 2.24) is 5.32 Å². The van der Waals surface area contributed by atoms with Gasteiger partial charge in [0.25, 0.3) is 5.69 Å². The highest BCUT2D eigenvalue weighted by Crippen LogP contribution is 2.25. The van der Waals surface area contributed by atoms with Crippen molar-refractivity contribution in [2.75, 3.05) is 11.5 Å². The van der Waals surface area contributed by atoms with Crippen LogP contribution in [-0.2, 0) is 0 Å². The van der Waals surface area contributed by atoms with Crippen LogP contribution in [0.25, 0.3) is 0 Å². The molecule has 1 aliphatic rings. The Morgan fingerprint density at radius 3 is 2.84 bits per heavy atom. The zero-order valence-electron chi connectivity index (χ0n) is 11.2. The first-order chi connectivity index (χ1) is 9.20. The largest absolute Gasteiger partial charge is 0.307 e. The van der Waals surface area contributed by atoms with E-state index >= 15 is 0 Å². The van der Waals surface area contributed by atoms with Crippen LogP contribution in [0.15, 0.2) is 24.3 Å². The first-order valence-corrected chi connectivity index (χ1v) is 7.94. The molecule has 104 valence electrons. The first-order valence-electron chi connectivity index (χ1n) is 6.79. The third-order valence-corrected chi connectivity index (χ3v) is 4.60. The van der Waals surface area contributed by atoms with Gasteiger partial charge in [0, 0.05) is 24.2 Å². The van der Waals surface area contributed by atoms with Crippen LogP contribution in [0.4, 0.5) is 5.69 Å². The van der Waals surface area contributed by atoms with Gasteiger partial charge in [-0.05, 0) is 36.3 Å². The van der Waals surface area contributed by atoms with Crippen LogP contribution >= 0.6 is 11.8 Å². The summed E-state index contributed by atoms with van der Waals surface area (Å²) < 4.78 is 0. The molecule has 1 unspecified atom stereocenters. The fourth-order valence-electron chi connectivity index (χ4n) is 2.45. The summed E-state index contributed by atoms with van der Waals surface area (Å²) in [5.74, 6) is 2.42. The van der Waals surface area contributed by atoms with Crippen molar-refractivity contribution in [3.8, 4) is 0 Å². The Balaban J connectivity index is 2.07. The molecule has 0 aliphatic carbocycles. The quantitative estimate of drug-likeness (QED) is 0.662.